The number of hydrogen-bond acceptors (Lipinski definition) is 6. The van der Waals surface area contributed by atoms with Gasteiger partial charge in [0, 0.05) is 31.1 Å². The highest BCUT2D eigenvalue weighted by Gasteiger charge is 2.34. The number of benzene rings is 2. The molecule has 0 unspecified atom stereocenters. The Hall–Kier alpha value is -2.90. The van der Waals surface area contributed by atoms with E-state index < -0.39 is 0 Å². The molecule has 0 N–H and O–H groups in total. The molecule has 1 saturated heterocycles. The summed E-state index contributed by atoms with van der Waals surface area (Å²) in [6, 6.07) is 15.6. The summed E-state index contributed by atoms with van der Waals surface area (Å²) in [6.45, 7) is 3.18. The molecule has 7 heteroatoms. The Morgan fingerprint density at radius 3 is 2.57 bits per heavy atom. The maximum Gasteiger partial charge on any atom is 0.257 e. The van der Waals surface area contributed by atoms with Gasteiger partial charge in [0.1, 0.15) is 11.5 Å². The van der Waals surface area contributed by atoms with Crippen LogP contribution >= 0.6 is 0 Å². The summed E-state index contributed by atoms with van der Waals surface area (Å²) in [4.78, 5) is 15.3. The van der Waals surface area contributed by atoms with Crippen molar-refractivity contribution in [1.82, 2.24) is 9.91 Å². The molecule has 2 heterocycles. The first kappa shape index (κ1) is 20.4. The summed E-state index contributed by atoms with van der Waals surface area (Å²) in [7, 11) is 3.25. The van der Waals surface area contributed by atoms with Crippen LogP contribution in [0.15, 0.2) is 53.6 Å². The van der Waals surface area contributed by atoms with E-state index >= 15 is 0 Å². The number of rotatable bonds is 6. The standard InChI is InChI=1S/C23H27N3O4/c1-28-18-8-9-19(22(14-18)29-2)20-15-21(17-6-4-3-5-7-17)26(24-20)23(27)16-25-10-12-30-13-11-25/h3-9,14,21H,10-13,15-16H2,1-2H3/t21-/m0/s1. The van der Waals surface area contributed by atoms with Crippen LogP contribution in [0.3, 0.4) is 0 Å². The van der Waals surface area contributed by atoms with Crippen LogP contribution in [0.5, 0.6) is 11.5 Å². The van der Waals surface area contributed by atoms with Crippen LogP contribution in [0.4, 0.5) is 0 Å². The lowest BCUT2D eigenvalue weighted by atomic mass is 9.98. The van der Waals surface area contributed by atoms with Crippen molar-refractivity contribution in [2.24, 2.45) is 5.10 Å². The van der Waals surface area contributed by atoms with Crippen LogP contribution in [0.1, 0.15) is 23.6 Å². The zero-order chi connectivity index (χ0) is 20.9. The molecule has 1 fully saturated rings. The fourth-order valence-electron chi connectivity index (χ4n) is 3.90. The summed E-state index contributed by atoms with van der Waals surface area (Å²) in [5.74, 6) is 1.39. The molecule has 0 aromatic heterocycles. The molecule has 0 bridgehead atoms. The molecule has 30 heavy (non-hydrogen) atoms. The molecule has 2 aliphatic heterocycles. The van der Waals surface area contributed by atoms with E-state index in [0.29, 0.717) is 37.7 Å². The second-order valence-corrected chi connectivity index (χ2v) is 7.37. The molecule has 2 aliphatic rings. The predicted octanol–water partition coefficient (Wildman–Crippen LogP) is 2.71. The minimum atomic E-state index is -0.137. The van der Waals surface area contributed by atoms with Crippen LogP contribution in [-0.2, 0) is 9.53 Å². The summed E-state index contributed by atoms with van der Waals surface area (Å²) in [5, 5.41) is 6.41. The Morgan fingerprint density at radius 1 is 1.10 bits per heavy atom. The topological polar surface area (TPSA) is 63.6 Å². The molecule has 1 amide bonds. The van der Waals surface area contributed by atoms with E-state index in [2.05, 4.69) is 4.90 Å². The number of methoxy groups -OCH3 is 2. The average Bonchev–Trinajstić information content (AvgIpc) is 3.25. The maximum atomic E-state index is 13.2. The van der Waals surface area contributed by atoms with Gasteiger partial charge in [-0.2, -0.15) is 5.10 Å². The Kier molecular flexibility index (Phi) is 6.30. The highest BCUT2D eigenvalue weighted by Crippen LogP contribution is 2.36. The van der Waals surface area contributed by atoms with Gasteiger partial charge in [-0.05, 0) is 17.7 Å². The van der Waals surface area contributed by atoms with Gasteiger partial charge in [0.05, 0.1) is 45.7 Å². The first-order valence-corrected chi connectivity index (χ1v) is 10.2. The largest absolute Gasteiger partial charge is 0.497 e. The lowest BCUT2D eigenvalue weighted by Crippen LogP contribution is -2.43. The number of carbonyl (C=O) groups is 1. The Labute approximate surface area is 176 Å². The van der Waals surface area contributed by atoms with Crippen molar-refractivity contribution >= 4 is 11.6 Å². The first-order chi connectivity index (χ1) is 14.7. The first-order valence-electron chi connectivity index (χ1n) is 10.2. The molecule has 2 aromatic carbocycles. The van der Waals surface area contributed by atoms with E-state index in [4.69, 9.17) is 19.3 Å². The highest BCUT2D eigenvalue weighted by atomic mass is 16.5. The Bertz CT molecular complexity index is 910. The Morgan fingerprint density at radius 2 is 1.87 bits per heavy atom. The average molecular weight is 409 g/mol. The zero-order valence-electron chi connectivity index (χ0n) is 17.4. The molecule has 4 rings (SSSR count). The predicted molar refractivity (Wildman–Crippen MR) is 114 cm³/mol. The summed E-state index contributed by atoms with van der Waals surface area (Å²) < 4.78 is 16.3. The third-order valence-corrected chi connectivity index (χ3v) is 5.53. The van der Waals surface area contributed by atoms with E-state index in [1.54, 1.807) is 19.2 Å². The van der Waals surface area contributed by atoms with Crippen molar-refractivity contribution in [2.45, 2.75) is 12.5 Å². The van der Waals surface area contributed by atoms with Crippen LogP contribution in [0, 0.1) is 0 Å². The molecular formula is C23H27N3O4. The monoisotopic (exact) mass is 409 g/mol. The van der Waals surface area contributed by atoms with Crippen molar-refractivity contribution in [3.8, 4) is 11.5 Å². The smallest absolute Gasteiger partial charge is 0.257 e. The summed E-state index contributed by atoms with van der Waals surface area (Å²) >= 11 is 0. The van der Waals surface area contributed by atoms with Crippen molar-refractivity contribution < 1.29 is 19.0 Å². The highest BCUT2D eigenvalue weighted by molar-refractivity contribution is 6.05. The molecular weight excluding hydrogens is 382 g/mol. The second kappa shape index (κ2) is 9.28. The van der Waals surface area contributed by atoms with Crippen LogP contribution < -0.4 is 9.47 Å². The van der Waals surface area contributed by atoms with Gasteiger partial charge in [-0.25, -0.2) is 5.01 Å². The normalized spacial score (nSPS) is 19.5. The van der Waals surface area contributed by atoms with Gasteiger partial charge in [-0.1, -0.05) is 30.3 Å². The van der Waals surface area contributed by atoms with Gasteiger partial charge in [-0.3, -0.25) is 9.69 Å². The van der Waals surface area contributed by atoms with Crippen LogP contribution in [-0.4, -0.2) is 68.6 Å². The molecule has 1 atom stereocenters. The zero-order valence-corrected chi connectivity index (χ0v) is 17.4. The lowest BCUT2D eigenvalue weighted by Gasteiger charge is -2.29. The van der Waals surface area contributed by atoms with Crippen molar-refractivity contribution in [3.05, 3.63) is 59.7 Å². The molecule has 0 spiro atoms. The van der Waals surface area contributed by atoms with Gasteiger partial charge >= 0.3 is 0 Å². The third kappa shape index (κ3) is 4.32. The van der Waals surface area contributed by atoms with E-state index in [9.17, 15) is 4.79 Å². The number of amides is 1. The number of ether oxygens (including phenoxy) is 3. The van der Waals surface area contributed by atoms with E-state index in [-0.39, 0.29) is 11.9 Å². The van der Waals surface area contributed by atoms with Crippen LogP contribution in [0.25, 0.3) is 0 Å². The number of hydrazone groups is 1. The molecule has 7 nitrogen and oxygen atoms in total. The van der Waals surface area contributed by atoms with Crippen molar-refractivity contribution in [3.63, 3.8) is 0 Å². The molecule has 0 radical (unpaired) electrons. The third-order valence-electron chi connectivity index (χ3n) is 5.53. The van der Waals surface area contributed by atoms with Gasteiger partial charge in [0.2, 0.25) is 0 Å². The van der Waals surface area contributed by atoms with Crippen molar-refractivity contribution in [1.29, 1.82) is 0 Å². The fraction of sp³-hybridized carbons (Fsp3) is 0.391. The van der Waals surface area contributed by atoms with Crippen molar-refractivity contribution in [2.75, 3.05) is 47.1 Å². The van der Waals surface area contributed by atoms with E-state index in [0.717, 1.165) is 29.9 Å². The van der Waals surface area contributed by atoms with E-state index in [1.165, 1.54) is 0 Å². The molecule has 0 saturated carbocycles. The summed E-state index contributed by atoms with van der Waals surface area (Å²) in [5.41, 5.74) is 2.78. The summed E-state index contributed by atoms with van der Waals surface area (Å²) in [6.07, 6.45) is 0.627. The van der Waals surface area contributed by atoms with Crippen LogP contribution in [0.2, 0.25) is 0 Å². The van der Waals surface area contributed by atoms with Gasteiger partial charge in [0.15, 0.2) is 0 Å². The lowest BCUT2D eigenvalue weighted by molar-refractivity contribution is -0.135. The fourth-order valence-corrected chi connectivity index (χ4v) is 3.90. The maximum absolute atomic E-state index is 13.2. The van der Waals surface area contributed by atoms with Gasteiger partial charge in [0.25, 0.3) is 5.91 Å². The Balaban J connectivity index is 1.63. The molecule has 0 aliphatic carbocycles. The SMILES string of the molecule is COc1ccc(C2=NN(C(=O)CN3CCOCC3)[C@H](c3ccccc3)C2)c(OC)c1. The van der Waals surface area contributed by atoms with Gasteiger partial charge < -0.3 is 14.2 Å². The second-order valence-electron chi connectivity index (χ2n) is 7.37. The number of carbonyl (C=O) groups excluding carboxylic acids is 1. The number of hydrogen-bond donors (Lipinski definition) is 0. The minimum Gasteiger partial charge on any atom is -0.497 e. The molecule has 158 valence electrons. The quantitative estimate of drug-likeness (QED) is 0.734. The van der Waals surface area contributed by atoms with Gasteiger partial charge in [-0.15, -0.1) is 0 Å². The van der Waals surface area contributed by atoms with E-state index in [1.807, 2.05) is 48.5 Å². The number of morpholine rings is 1. The minimum absolute atomic E-state index is 0.00627. The molecule has 2 aromatic rings. The number of nitrogens with zero attached hydrogens (tertiary/aromatic N) is 3.